The summed E-state index contributed by atoms with van der Waals surface area (Å²) in [6.45, 7) is 3.41. The second-order valence-corrected chi connectivity index (χ2v) is 4.96. The summed E-state index contributed by atoms with van der Waals surface area (Å²) in [5, 5.41) is 3.91. The summed E-state index contributed by atoms with van der Waals surface area (Å²) in [7, 11) is 0. The van der Waals surface area contributed by atoms with Crippen LogP contribution in [0.15, 0.2) is 36.5 Å². The molecule has 0 bridgehead atoms. The van der Waals surface area contributed by atoms with E-state index in [9.17, 15) is 4.79 Å². The zero-order chi connectivity index (χ0) is 13.9. The maximum absolute atomic E-state index is 10.9. The molecule has 3 rings (SSSR count). The third-order valence-electron chi connectivity index (χ3n) is 3.42. The quantitative estimate of drug-likeness (QED) is 0.920. The number of nitrogens with one attached hydrogen (secondary N) is 1. The normalized spacial score (nSPS) is 18.4. The van der Waals surface area contributed by atoms with Crippen LogP contribution in [0.3, 0.4) is 0 Å². The Labute approximate surface area is 117 Å². The van der Waals surface area contributed by atoms with Crippen LogP contribution in [0.25, 0.3) is 10.9 Å². The lowest BCUT2D eigenvalue weighted by molar-refractivity contribution is -0.119. The van der Waals surface area contributed by atoms with E-state index >= 15 is 0 Å². The second-order valence-electron chi connectivity index (χ2n) is 4.96. The van der Waals surface area contributed by atoms with Crippen molar-refractivity contribution < 1.29 is 9.53 Å². The zero-order valence-electron chi connectivity index (χ0n) is 11.4. The molecule has 1 aromatic heterocycles. The Hall–Kier alpha value is -2.14. The Kier molecular flexibility index (Phi) is 3.52. The van der Waals surface area contributed by atoms with Crippen LogP contribution in [-0.4, -0.2) is 36.8 Å². The van der Waals surface area contributed by atoms with Gasteiger partial charge in [-0.3, -0.25) is 9.78 Å². The van der Waals surface area contributed by atoms with Gasteiger partial charge in [-0.1, -0.05) is 6.07 Å². The molecule has 20 heavy (non-hydrogen) atoms. The first-order valence-electron chi connectivity index (χ1n) is 6.68. The largest absolute Gasteiger partial charge is 0.354 e. The van der Waals surface area contributed by atoms with Crippen LogP contribution in [0.5, 0.6) is 0 Å². The zero-order valence-corrected chi connectivity index (χ0v) is 11.4. The average molecular weight is 271 g/mol. The minimum absolute atomic E-state index is 0.0242. The van der Waals surface area contributed by atoms with E-state index in [2.05, 4.69) is 33.4 Å². The highest BCUT2D eigenvalue weighted by molar-refractivity contribution is 5.82. The summed E-state index contributed by atoms with van der Waals surface area (Å²) in [5.41, 5.74) is 2.11. The van der Waals surface area contributed by atoms with Gasteiger partial charge >= 0.3 is 0 Å². The van der Waals surface area contributed by atoms with Crippen molar-refractivity contribution in [2.75, 3.05) is 24.7 Å². The molecule has 1 aromatic carbocycles. The van der Waals surface area contributed by atoms with Gasteiger partial charge in [0.2, 0.25) is 5.91 Å². The monoisotopic (exact) mass is 271 g/mol. The van der Waals surface area contributed by atoms with Gasteiger partial charge in [-0.2, -0.15) is 0 Å². The van der Waals surface area contributed by atoms with Gasteiger partial charge in [-0.15, -0.1) is 0 Å². The third-order valence-corrected chi connectivity index (χ3v) is 3.42. The summed E-state index contributed by atoms with van der Waals surface area (Å²) in [5.74, 6) is -0.0242. The third kappa shape index (κ3) is 2.72. The number of carbonyl (C=O) groups excluding carboxylic acids is 1. The number of amides is 1. The van der Waals surface area contributed by atoms with Crippen LogP contribution in [-0.2, 0) is 9.53 Å². The van der Waals surface area contributed by atoms with Gasteiger partial charge in [0.15, 0.2) is 0 Å². The highest BCUT2D eigenvalue weighted by Gasteiger charge is 2.23. The molecule has 1 aliphatic rings. The number of benzene rings is 1. The minimum Gasteiger partial charge on any atom is -0.354 e. The first-order chi connectivity index (χ1) is 9.72. The fraction of sp³-hybridized carbons (Fsp3) is 0.333. The van der Waals surface area contributed by atoms with Crippen LogP contribution in [0.4, 0.5) is 5.69 Å². The number of fused-ring (bicyclic) bond motifs is 1. The molecule has 0 radical (unpaired) electrons. The number of hydrogen-bond acceptors (Lipinski definition) is 4. The number of aromatic nitrogens is 1. The highest BCUT2D eigenvalue weighted by Crippen LogP contribution is 2.23. The Morgan fingerprint density at radius 3 is 3.25 bits per heavy atom. The summed E-state index contributed by atoms with van der Waals surface area (Å²) in [6.07, 6.45) is 1.84. The van der Waals surface area contributed by atoms with Crippen molar-refractivity contribution in [3.05, 3.63) is 36.5 Å². The summed E-state index contributed by atoms with van der Waals surface area (Å²) in [6, 6.07) is 10.2. The maximum atomic E-state index is 10.9. The van der Waals surface area contributed by atoms with Gasteiger partial charge in [-0.05, 0) is 24.3 Å². The van der Waals surface area contributed by atoms with Crippen LogP contribution < -0.4 is 10.2 Å². The molecule has 0 unspecified atom stereocenters. The Balaban J connectivity index is 1.71. The second kappa shape index (κ2) is 5.46. The van der Waals surface area contributed by atoms with Gasteiger partial charge in [-0.25, -0.2) is 0 Å². The van der Waals surface area contributed by atoms with Gasteiger partial charge in [0.25, 0.3) is 0 Å². The fourth-order valence-electron chi connectivity index (χ4n) is 2.37. The molecule has 1 atom stereocenters. The summed E-state index contributed by atoms with van der Waals surface area (Å²) < 4.78 is 5.68. The molecular weight excluding hydrogens is 254 g/mol. The molecule has 1 aliphatic heterocycles. The van der Waals surface area contributed by atoms with E-state index in [1.807, 2.05) is 12.1 Å². The van der Waals surface area contributed by atoms with Gasteiger partial charge in [0, 0.05) is 37.3 Å². The average Bonchev–Trinajstić information content (AvgIpc) is 2.93. The molecule has 104 valence electrons. The first-order valence-corrected chi connectivity index (χ1v) is 6.68. The molecule has 5 heteroatoms. The van der Waals surface area contributed by atoms with Crippen LogP contribution in [0, 0.1) is 0 Å². The van der Waals surface area contributed by atoms with E-state index in [0.29, 0.717) is 13.3 Å². The molecule has 1 saturated heterocycles. The predicted molar refractivity (Wildman–Crippen MR) is 77.5 cm³/mol. The summed E-state index contributed by atoms with van der Waals surface area (Å²) in [4.78, 5) is 17.4. The van der Waals surface area contributed by atoms with Crippen molar-refractivity contribution in [1.82, 2.24) is 10.3 Å². The van der Waals surface area contributed by atoms with E-state index in [0.717, 1.165) is 23.1 Å². The molecule has 0 saturated carbocycles. The number of anilines is 1. The van der Waals surface area contributed by atoms with Crippen molar-refractivity contribution in [3.63, 3.8) is 0 Å². The fourth-order valence-corrected chi connectivity index (χ4v) is 2.37. The number of carbonyl (C=O) groups is 1. The van der Waals surface area contributed by atoms with Crippen molar-refractivity contribution >= 4 is 22.5 Å². The predicted octanol–water partition coefficient (Wildman–Crippen LogP) is 1.53. The minimum atomic E-state index is -0.0242. The Bertz CT molecular complexity index is 629. The maximum Gasteiger partial charge on any atom is 0.216 e. The van der Waals surface area contributed by atoms with Gasteiger partial charge in [0.05, 0.1) is 11.6 Å². The van der Waals surface area contributed by atoms with Crippen molar-refractivity contribution in [2.24, 2.45) is 0 Å². The lowest BCUT2D eigenvalue weighted by Gasteiger charge is -2.16. The number of nitrogens with zero attached hydrogens (tertiary/aromatic N) is 2. The van der Waals surface area contributed by atoms with Gasteiger partial charge < -0.3 is 15.0 Å². The van der Waals surface area contributed by atoms with Crippen LogP contribution in [0.2, 0.25) is 0 Å². The molecule has 2 heterocycles. The molecular formula is C15H17N3O2. The molecule has 0 aliphatic carbocycles. The Morgan fingerprint density at radius 2 is 2.40 bits per heavy atom. The molecule has 0 spiro atoms. The lowest BCUT2D eigenvalue weighted by atomic mass is 10.2. The van der Waals surface area contributed by atoms with Crippen LogP contribution >= 0.6 is 0 Å². The van der Waals surface area contributed by atoms with Crippen molar-refractivity contribution in [3.8, 4) is 0 Å². The SMILES string of the molecule is CC(=O)NC[C@H]1CN(c2ccc3ncccc3c2)CO1. The molecule has 1 amide bonds. The van der Waals surface area contributed by atoms with E-state index in [-0.39, 0.29) is 12.0 Å². The number of pyridine rings is 1. The first kappa shape index (κ1) is 12.9. The molecule has 1 N–H and O–H groups in total. The van der Waals surface area contributed by atoms with Crippen molar-refractivity contribution in [1.29, 1.82) is 0 Å². The van der Waals surface area contributed by atoms with Crippen LogP contribution in [0.1, 0.15) is 6.92 Å². The lowest BCUT2D eigenvalue weighted by Crippen LogP contribution is -2.33. The van der Waals surface area contributed by atoms with Crippen molar-refractivity contribution in [2.45, 2.75) is 13.0 Å². The van der Waals surface area contributed by atoms with E-state index in [1.165, 1.54) is 6.92 Å². The van der Waals surface area contributed by atoms with E-state index in [1.54, 1.807) is 6.20 Å². The highest BCUT2D eigenvalue weighted by atomic mass is 16.5. The van der Waals surface area contributed by atoms with Gasteiger partial charge in [0.1, 0.15) is 6.73 Å². The van der Waals surface area contributed by atoms with E-state index < -0.39 is 0 Å². The Morgan fingerprint density at radius 1 is 1.50 bits per heavy atom. The number of rotatable bonds is 3. The van der Waals surface area contributed by atoms with E-state index in [4.69, 9.17) is 4.74 Å². The smallest absolute Gasteiger partial charge is 0.216 e. The standard InChI is InChI=1S/C15H17N3O2/c1-11(19)17-8-14-9-18(10-20-14)13-4-5-15-12(7-13)3-2-6-16-15/h2-7,14H,8-10H2,1H3,(H,17,19)/t14-/m0/s1. The molecule has 5 nitrogen and oxygen atoms in total. The molecule has 2 aromatic rings. The molecule has 1 fully saturated rings. The topological polar surface area (TPSA) is 54.5 Å². The number of hydrogen-bond donors (Lipinski definition) is 1. The number of ether oxygens (including phenoxy) is 1. The summed E-state index contributed by atoms with van der Waals surface area (Å²) >= 11 is 0.